The lowest BCUT2D eigenvalue weighted by atomic mass is 9.75. The van der Waals surface area contributed by atoms with Crippen molar-refractivity contribution in [1.29, 1.82) is 0 Å². The quantitative estimate of drug-likeness (QED) is 0.383. The fourth-order valence-corrected chi connectivity index (χ4v) is 3.25. The smallest absolute Gasteiger partial charge is 0.307 e. The van der Waals surface area contributed by atoms with Crippen LogP contribution in [0.5, 0.6) is 0 Å². The molecule has 3 nitrogen and oxygen atoms in total. The molecule has 0 amide bonds. The summed E-state index contributed by atoms with van der Waals surface area (Å²) in [5.74, 6) is 7.56. The predicted octanol–water partition coefficient (Wildman–Crippen LogP) is 4.48. The van der Waals surface area contributed by atoms with Crippen LogP contribution in [0, 0.1) is 29.6 Å². The monoisotopic (exact) mass is 432 g/mol. The number of carbonyl (C=O) groups is 1. The third-order valence-corrected chi connectivity index (χ3v) is 5.18. The van der Waals surface area contributed by atoms with Crippen LogP contribution >= 0.6 is 22.6 Å². The highest BCUT2D eigenvalue weighted by Crippen LogP contribution is 2.35. The average Bonchev–Trinajstić information content (AvgIpc) is 2.50. The van der Waals surface area contributed by atoms with Gasteiger partial charge in [-0.25, -0.2) is 0 Å². The molecule has 23 heavy (non-hydrogen) atoms. The van der Waals surface area contributed by atoms with E-state index in [9.17, 15) is 4.79 Å². The Balaban J connectivity index is 2.36. The minimum absolute atomic E-state index is 0.0609. The molecule has 0 aromatic rings. The highest BCUT2D eigenvalue weighted by Gasteiger charge is 2.33. The molecule has 0 aromatic heterocycles. The maximum Gasteiger partial charge on any atom is 0.307 e. The maximum atomic E-state index is 12.0. The molecule has 3 atom stereocenters. The number of aliphatic hydroxyl groups excluding tert-OH is 1. The number of hydrogen-bond donors (Lipinski definition) is 1. The van der Waals surface area contributed by atoms with E-state index in [4.69, 9.17) is 9.84 Å². The summed E-state index contributed by atoms with van der Waals surface area (Å²) in [6.07, 6.45) is 6.87. The minimum atomic E-state index is -0.121. The highest BCUT2D eigenvalue weighted by molar-refractivity contribution is 14.1. The average molecular weight is 432 g/mol. The Labute approximate surface area is 154 Å². The van der Waals surface area contributed by atoms with E-state index in [-0.39, 0.29) is 18.7 Å². The molecule has 0 bridgehead atoms. The molecular formula is C19H29IO3. The number of ether oxygens (including phenoxy) is 1. The molecule has 4 heteroatoms. The van der Waals surface area contributed by atoms with E-state index in [1.54, 1.807) is 0 Å². The normalized spacial score (nSPS) is 25.0. The first-order valence-electron chi connectivity index (χ1n) is 8.54. The van der Waals surface area contributed by atoms with Gasteiger partial charge in [0.15, 0.2) is 0 Å². The van der Waals surface area contributed by atoms with Gasteiger partial charge >= 0.3 is 5.97 Å². The summed E-state index contributed by atoms with van der Waals surface area (Å²) < 4.78 is 6.64. The van der Waals surface area contributed by atoms with Crippen molar-refractivity contribution >= 4 is 28.6 Å². The summed E-state index contributed by atoms with van der Waals surface area (Å²) >= 11 is 2.09. The van der Waals surface area contributed by atoms with Crippen LogP contribution < -0.4 is 0 Å². The molecule has 0 heterocycles. The van der Waals surface area contributed by atoms with Crippen molar-refractivity contribution in [3.63, 3.8) is 0 Å². The Morgan fingerprint density at radius 1 is 1.39 bits per heavy atom. The third-order valence-electron chi connectivity index (χ3n) is 4.40. The lowest BCUT2D eigenvalue weighted by molar-refractivity contribution is -0.155. The molecule has 130 valence electrons. The first-order valence-corrected chi connectivity index (χ1v) is 9.62. The van der Waals surface area contributed by atoms with Crippen molar-refractivity contribution in [2.75, 3.05) is 6.61 Å². The number of hydrogen-bond acceptors (Lipinski definition) is 3. The molecule has 1 N–H and O–H groups in total. The fraction of sp³-hybridized carbons (Fsp3) is 0.737. The second-order valence-corrected chi connectivity index (χ2v) is 8.11. The van der Waals surface area contributed by atoms with Gasteiger partial charge in [0.25, 0.3) is 0 Å². The Bertz CT molecular complexity index is 459. The molecule has 0 aromatic carbocycles. The molecular weight excluding hydrogens is 403 g/mol. The molecule has 0 unspecified atom stereocenters. The summed E-state index contributed by atoms with van der Waals surface area (Å²) in [7, 11) is 0. The Kier molecular flexibility index (Phi) is 9.89. The second kappa shape index (κ2) is 11.1. The van der Waals surface area contributed by atoms with E-state index in [1.807, 2.05) is 6.08 Å². The lowest BCUT2D eigenvalue weighted by Gasteiger charge is -2.36. The Morgan fingerprint density at radius 2 is 2.13 bits per heavy atom. The van der Waals surface area contributed by atoms with E-state index in [0.29, 0.717) is 37.0 Å². The number of rotatable bonds is 6. The van der Waals surface area contributed by atoms with Crippen molar-refractivity contribution in [3.05, 3.63) is 9.66 Å². The third kappa shape index (κ3) is 8.21. The van der Waals surface area contributed by atoms with Crippen LogP contribution in [0.15, 0.2) is 9.66 Å². The van der Waals surface area contributed by atoms with Gasteiger partial charge in [0.1, 0.15) is 6.10 Å². The van der Waals surface area contributed by atoms with Crippen molar-refractivity contribution in [2.24, 2.45) is 17.8 Å². The number of carbonyl (C=O) groups excluding carboxylic acids is 1. The van der Waals surface area contributed by atoms with Crippen LogP contribution in [-0.4, -0.2) is 23.8 Å². The number of halogens is 1. The van der Waals surface area contributed by atoms with Crippen LogP contribution in [0.3, 0.4) is 0 Å². The van der Waals surface area contributed by atoms with Crippen LogP contribution in [0.4, 0.5) is 0 Å². The Hall–Kier alpha value is -0.540. The van der Waals surface area contributed by atoms with Crippen molar-refractivity contribution in [2.45, 2.75) is 65.4 Å². The Morgan fingerprint density at radius 3 is 2.78 bits per heavy atom. The van der Waals surface area contributed by atoms with Gasteiger partial charge in [-0.1, -0.05) is 39.2 Å². The van der Waals surface area contributed by atoms with Gasteiger partial charge in [-0.3, -0.25) is 4.79 Å². The van der Waals surface area contributed by atoms with E-state index >= 15 is 0 Å². The molecule has 0 spiro atoms. The van der Waals surface area contributed by atoms with E-state index in [2.05, 4.69) is 55.2 Å². The molecule has 1 aliphatic rings. The minimum Gasteiger partial charge on any atom is -0.462 e. The van der Waals surface area contributed by atoms with Crippen molar-refractivity contribution in [1.82, 2.24) is 0 Å². The molecule has 1 aliphatic carbocycles. The zero-order chi connectivity index (χ0) is 17.2. The van der Waals surface area contributed by atoms with Crippen LogP contribution in [0.1, 0.15) is 59.3 Å². The first-order chi connectivity index (χ1) is 10.9. The standard InChI is InChI=1S/C19H29IO3/c1-14(2)17-11-10-15(3)12-18(17)23-19(22)9-7-5-4-6-8-16(20)13-21/h8,14-15,17-18,21H,6-7,9-13H2,1-3H3/b16-8-/t15-,17+,18-/m1/s1. The van der Waals surface area contributed by atoms with Crippen LogP contribution in [0.2, 0.25) is 0 Å². The van der Waals surface area contributed by atoms with Gasteiger partial charge < -0.3 is 9.84 Å². The summed E-state index contributed by atoms with van der Waals surface area (Å²) in [5, 5.41) is 8.86. The van der Waals surface area contributed by atoms with Gasteiger partial charge in [-0.2, -0.15) is 0 Å². The van der Waals surface area contributed by atoms with Gasteiger partial charge in [-0.15, -0.1) is 5.92 Å². The molecule has 1 saturated carbocycles. The second-order valence-electron chi connectivity index (χ2n) is 6.72. The lowest BCUT2D eigenvalue weighted by Crippen LogP contribution is -2.35. The van der Waals surface area contributed by atoms with Gasteiger partial charge in [0.2, 0.25) is 0 Å². The van der Waals surface area contributed by atoms with Crippen LogP contribution in [0.25, 0.3) is 0 Å². The zero-order valence-electron chi connectivity index (χ0n) is 14.5. The zero-order valence-corrected chi connectivity index (χ0v) is 16.6. The maximum absolute atomic E-state index is 12.0. The van der Waals surface area contributed by atoms with Gasteiger partial charge in [0, 0.05) is 16.4 Å². The number of allylic oxidation sites excluding steroid dienone is 1. The number of esters is 1. The van der Waals surface area contributed by atoms with E-state index in [1.165, 1.54) is 6.42 Å². The highest BCUT2D eigenvalue weighted by atomic mass is 127. The molecule has 0 radical (unpaired) electrons. The molecule has 0 saturated heterocycles. The van der Waals surface area contributed by atoms with Crippen molar-refractivity contribution in [3.8, 4) is 11.8 Å². The summed E-state index contributed by atoms with van der Waals surface area (Å²) in [5.41, 5.74) is 0. The molecule has 1 fully saturated rings. The fourth-order valence-electron chi connectivity index (χ4n) is 3.03. The van der Waals surface area contributed by atoms with Gasteiger partial charge in [0.05, 0.1) is 13.0 Å². The summed E-state index contributed by atoms with van der Waals surface area (Å²) in [6, 6.07) is 0. The van der Waals surface area contributed by atoms with E-state index in [0.717, 1.165) is 16.4 Å². The largest absolute Gasteiger partial charge is 0.462 e. The summed E-state index contributed by atoms with van der Waals surface area (Å²) in [4.78, 5) is 12.0. The number of aliphatic hydroxyl groups is 1. The van der Waals surface area contributed by atoms with Crippen LogP contribution in [-0.2, 0) is 9.53 Å². The SMILES string of the molecule is CC(C)[C@@H]1CC[C@@H](C)C[C@H]1OC(=O)CCC#CC/C=C(\I)CO. The van der Waals surface area contributed by atoms with E-state index < -0.39 is 0 Å². The molecule has 0 aliphatic heterocycles. The first kappa shape index (κ1) is 20.5. The van der Waals surface area contributed by atoms with Gasteiger partial charge in [-0.05, 0) is 53.2 Å². The molecule has 1 rings (SSSR count). The predicted molar refractivity (Wildman–Crippen MR) is 102 cm³/mol. The summed E-state index contributed by atoms with van der Waals surface area (Å²) in [6.45, 7) is 6.73. The van der Waals surface area contributed by atoms with Crippen molar-refractivity contribution < 1.29 is 14.6 Å². The topological polar surface area (TPSA) is 46.5 Å².